The van der Waals surface area contributed by atoms with Crippen LogP contribution < -0.4 is 11.5 Å². The fourth-order valence-corrected chi connectivity index (χ4v) is 3.35. The van der Waals surface area contributed by atoms with Crippen LogP contribution in [0.2, 0.25) is 5.02 Å². The van der Waals surface area contributed by atoms with Gasteiger partial charge in [-0.15, -0.1) is 0 Å². The first-order valence-electron chi connectivity index (χ1n) is 7.27. The topological polar surface area (TPSA) is 64.9 Å². The van der Waals surface area contributed by atoms with E-state index in [9.17, 15) is 0 Å². The van der Waals surface area contributed by atoms with Gasteiger partial charge in [0.2, 0.25) is 0 Å². The van der Waals surface area contributed by atoms with Crippen molar-refractivity contribution in [3.05, 3.63) is 40.0 Å². The summed E-state index contributed by atoms with van der Waals surface area (Å²) in [5, 5.41) is 1.86. The van der Waals surface area contributed by atoms with Crippen molar-refractivity contribution in [3.63, 3.8) is 0 Å². The Morgan fingerprint density at radius 1 is 1.25 bits per heavy atom. The van der Waals surface area contributed by atoms with Crippen molar-refractivity contribution < 1.29 is 0 Å². The molecule has 0 saturated heterocycles. The summed E-state index contributed by atoms with van der Waals surface area (Å²) in [5.74, 6) is 0. The number of benzene rings is 1. The van der Waals surface area contributed by atoms with Crippen LogP contribution in [0.3, 0.4) is 0 Å². The zero-order valence-corrected chi connectivity index (χ0v) is 12.3. The number of rotatable bonds is 3. The number of pyridine rings is 1. The van der Waals surface area contributed by atoms with Crippen LogP contribution in [0.1, 0.15) is 42.1 Å². The van der Waals surface area contributed by atoms with Gasteiger partial charge in [-0.2, -0.15) is 0 Å². The second kappa shape index (κ2) is 5.68. The zero-order valence-electron chi connectivity index (χ0n) is 11.5. The molecule has 1 aliphatic carbocycles. The Kier molecular flexibility index (Phi) is 3.92. The van der Waals surface area contributed by atoms with E-state index in [4.69, 9.17) is 28.1 Å². The molecule has 3 nitrogen and oxygen atoms in total. The Morgan fingerprint density at radius 2 is 2.05 bits per heavy atom. The predicted octanol–water partition coefficient (Wildman–Crippen LogP) is 3.12. The molecule has 1 heterocycles. The molecule has 0 bridgehead atoms. The number of hydrogen-bond donors (Lipinski definition) is 2. The lowest BCUT2D eigenvalue weighted by atomic mass is 9.86. The summed E-state index contributed by atoms with van der Waals surface area (Å²) in [5.41, 5.74) is 16.8. The highest BCUT2D eigenvalue weighted by atomic mass is 35.5. The summed E-state index contributed by atoms with van der Waals surface area (Å²) in [7, 11) is 0. The zero-order chi connectivity index (χ0) is 14.1. The van der Waals surface area contributed by atoms with Crippen LogP contribution in [0.25, 0.3) is 10.9 Å². The number of halogens is 1. The van der Waals surface area contributed by atoms with Crippen molar-refractivity contribution in [1.29, 1.82) is 0 Å². The van der Waals surface area contributed by atoms with E-state index in [1.54, 1.807) is 0 Å². The molecule has 0 fully saturated rings. The Bertz CT molecular complexity index is 639. The molecule has 0 amide bonds. The maximum atomic E-state index is 6.39. The summed E-state index contributed by atoms with van der Waals surface area (Å²) in [6.07, 6.45) is 5.34. The maximum Gasteiger partial charge on any atom is 0.0723 e. The normalized spacial score (nSPS) is 16.1. The Morgan fingerprint density at radius 3 is 2.85 bits per heavy atom. The highest BCUT2D eigenvalue weighted by molar-refractivity contribution is 6.31. The van der Waals surface area contributed by atoms with Gasteiger partial charge in [-0.25, -0.2) is 0 Å². The second-order valence-corrected chi connectivity index (χ2v) is 5.94. The van der Waals surface area contributed by atoms with Crippen molar-refractivity contribution in [2.24, 2.45) is 11.5 Å². The second-order valence-electron chi connectivity index (χ2n) is 5.50. The molecule has 4 heteroatoms. The van der Waals surface area contributed by atoms with Gasteiger partial charge in [-0.3, -0.25) is 4.98 Å². The lowest BCUT2D eigenvalue weighted by Gasteiger charge is -2.24. The molecule has 106 valence electrons. The van der Waals surface area contributed by atoms with Crippen molar-refractivity contribution in [3.8, 4) is 0 Å². The number of fused-ring (bicyclic) bond motifs is 2. The minimum atomic E-state index is -0.0153. The van der Waals surface area contributed by atoms with E-state index in [-0.39, 0.29) is 6.04 Å². The Labute approximate surface area is 124 Å². The van der Waals surface area contributed by atoms with Gasteiger partial charge in [-0.05, 0) is 61.9 Å². The fraction of sp³-hybridized carbons (Fsp3) is 0.438. The first kappa shape index (κ1) is 13.8. The SMILES string of the molecule is NCCC(N)c1c2c(nc3cc(Cl)ccc13)CCCC2. The highest BCUT2D eigenvalue weighted by Crippen LogP contribution is 2.34. The summed E-state index contributed by atoms with van der Waals surface area (Å²) < 4.78 is 0. The number of aryl methyl sites for hydroxylation is 1. The molecule has 3 rings (SSSR count). The van der Waals surface area contributed by atoms with Gasteiger partial charge >= 0.3 is 0 Å². The molecule has 2 aromatic rings. The molecular weight excluding hydrogens is 270 g/mol. The van der Waals surface area contributed by atoms with Crippen LogP contribution in [0.4, 0.5) is 0 Å². The molecule has 0 radical (unpaired) electrons. The van der Waals surface area contributed by atoms with Crippen molar-refractivity contribution in [1.82, 2.24) is 4.98 Å². The average Bonchev–Trinajstić information content (AvgIpc) is 2.44. The van der Waals surface area contributed by atoms with E-state index >= 15 is 0 Å². The Hall–Kier alpha value is -1.16. The molecule has 0 spiro atoms. The van der Waals surface area contributed by atoms with Crippen LogP contribution in [-0.4, -0.2) is 11.5 Å². The largest absolute Gasteiger partial charge is 0.330 e. The molecule has 1 aliphatic rings. The third-order valence-electron chi connectivity index (χ3n) is 4.12. The lowest BCUT2D eigenvalue weighted by Crippen LogP contribution is -2.20. The first-order valence-corrected chi connectivity index (χ1v) is 7.65. The highest BCUT2D eigenvalue weighted by Gasteiger charge is 2.21. The molecule has 20 heavy (non-hydrogen) atoms. The minimum absolute atomic E-state index is 0.0153. The van der Waals surface area contributed by atoms with E-state index in [2.05, 4.69) is 0 Å². The van der Waals surface area contributed by atoms with Crippen molar-refractivity contribution >= 4 is 22.5 Å². The van der Waals surface area contributed by atoms with Gasteiger partial charge in [-0.1, -0.05) is 17.7 Å². The average molecular weight is 290 g/mol. The Balaban J connectivity index is 2.26. The monoisotopic (exact) mass is 289 g/mol. The standard InChI is InChI=1S/C16H20ClN3/c17-10-5-6-12-15(9-10)20-14-4-2-1-3-11(14)16(12)13(19)7-8-18/h5-6,9,13H,1-4,7-8,18-19H2. The molecule has 4 N–H and O–H groups in total. The number of hydrogen-bond acceptors (Lipinski definition) is 3. The molecular formula is C16H20ClN3. The predicted molar refractivity (Wildman–Crippen MR) is 84.0 cm³/mol. The first-order chi connectivity index (χ1) is 9.70. The summed E-state index contributed by atoms with van der Waals surface area (Å²) in [4.78, 5) is 4.81. The van der Waals surface area contributed by atoms with Crippen LogP contribution in [-0.2, 0) is 12.8 Å². The quantitative estimate of drug-likeness (QED) is 0.912. The molecule has 1 unspecified atom stereocenters. The van der Waals surface area contributed by atoms with Gasteiger partial charge < -0.3 is 11.5 Å². The molecule has 0 aliphatic heterocycles. The van der Waals surface area contributed by atoms with E-state index in [0.717, 1.165) is 35.2 Å². The lowest BCUT2D eigenvalue weighted by molar-refractivity contribution is 0.623. The van der Waals surface area contributed by atoms with Crippen molar-refractivity contribution in [2.45, 2.75) is 38.1 Å². The number of aromatic nitrogens is 1. The smallest absolute Gasteiger partial charge is 0.0723 e. The fourth-order valence-electron chi connectivity index (χ4n) is 3.18. The van der Waals surface area contributed by atoms with Crippen LogP contribution >= 0.6 is 11.6 Å². The van der Waals surface area contributed by atoms with Crippen LogP contribution in [0.5, 0.6) is 0 Å². The van der Waals surface area contributed by atoms with Gasteiger partial charge in [0.1, 0.15) is 0 Å². The maximum absolute atomic E-state index is 6.39. The van der Waals surface area contributed by atoms with E-state index in [1.807, 2.05) is 18.2 Å². The van der Waals surface area contributed by atoms with Crippen LogP contribution in [0.15, 0.2) is 18.2 Å². The third-order valence-corrected chi connectivity index (χ3v) is 4.35. The molecule has 1 aromatic carbocycles. The van der Waals surface area contributed by atoms with Gasteiger partial charge in [0, 0.05) is 22.1 Å². The summed E-state index contributed by atoms with van der Waals surface area (Å²) in [6.45, 7) is 0.605. The van der Waals surface area contributed by atoms with Gasteiger partial charge in [0.05, 0.1) is 5.52 Å². The third kappa shape index (κ3) is 2.41. The summed E-state index contributed by atoms with van der Waals surface area (Å²) in [6, 6.07) is 5.88. The van der Waals surface area contributed by atoms with Crippen LogP contribution in [0, 0.1) is 0 Å². The number of nitrogens with two attached hydrogens (primary N) is 2. The van der Waals surface area contributed by atoms with Gasteiger partial charge in [0.15, 0.2) is 0 Å². The van der Waals surface area contributed by atoms with E-state index in [1.165, 1.54) is 29.7 Å². The summed E-state index contributed by atoms with van der Waals surface area (Å²) >= 11 is 6.10. The van der Waals surface area contributed by atoms with E-state index in [0.29, 0.717) is 6.54 Å². The molecule has 0 saturated carbocycles. The van der Waals surface area contributed by atoms with Gasteiger partial charge in [0.25, 0.3) is 0 Å². The van der Waals surface area contributed by atoms with Crippen molar-refractivity contribution in [2.75, 3.05) is 6.54 Å². The molecule has 1 aromatic heterocycles. The minimum Gasteiger partial charge on any atom is -0.330 e. The molecule has 1 atom stereocenters. The van der Waals surface area contributed by atoms with E-state index < -0.39 is 0 Å². The number of nitrogens with zero attached hydrogens (tertiary/aromatic N) is 1.